The second-order valence-corrected chi connectivity index (χ2v) is 6.40. The molecule has 6 heteroatoms. The minimum absolute atomic E-state index is 0.151. The van der Waals surface area contributed by atoms with Gasteiger partial charge in [-0.15, -0.1) is 10.2 Å². The van der Waals surface area contributed by atoms with Crippen LogP contribution in [0.3, 0.4) is 0 Å². The van der Waals surface area contributed by atoms with E-state index in [1.165, 1.54) is 5.56 Å². The van der Waals surface area contributed by atoms with Crippen LogP contribution < -0.4 is 0 Å². The van der Waals surface area contributed by atoms with Crippen LogP contribution in [0.1, 0.15) is 25.2 Å². The zero-order valence-electron chi connectivity index (χ0n) is 11.3. The van der Waals surface area contributed by atoms with Crippen LogP contribution in [-0.4, -0.2) is 25.2 Å². The Morgan fingerprint density at radius 3 is 2.90 bits per heavy atom. The van der Waals surface area contributed by atoms with Crippen molar-refractivity contribution in [2.24, 2.45) is 0 Å². The summed E-state index contributed by atoms with van der Waals surface area (Å²) in [6.45, 7) is 4.26. The van der Waals surface area contributed by atoms with Gasteiger partial charge in [0, 0.05) is 11.1 Å². The molecule has 0 saturated heterocycles. The molecule has 0 saturated carbocycles. The molecule has 0 unspecified atom stereocenters. The summed E-state index contributed by atoms with van der Waals surface area (Å²) in [6, 6.07) is 8.17. The van der Waals surface area contributed by atoms with Crippen LogP contribution in [0.4, 0.5) is 4.79 Å². The Morgan fingerprint density at radius 1 is 1.40 bits per heavy atom. The molecule has 0 spiro atoms. The fourth-order valence-corrected chi connectivity index (χ4v) is 3.22. The highest BCUT2D eigenvalue weighted by Crippen LogP contribution is 2.37. The molecule has 0 fully saturated rings. The summed E-state index contributed by atoms with van der Waals surface area (Å²) in [7, 11) is 0. The predicted octanol–water partition coefficient (Wildman–Crippen LogP) is 3.15. The van der Waals surface area contributed by atoms with Crippen LogP contribution >= 0.6 is 11.8 Å². The molecule has 20 heavy (non-hydrogen) atoms. The van der Waals surface area contributed by atoms with Gasteiger partial charge in [0.1, 0.15) is 5.82 Å². The van der Waals surface area contributed by atoms with E-state index in [4.69, 9.17) is 5.11 Å². The van der Waals surface area contributed by atoms with Crippen molar-refractivity contribution in [3.63, 3.8) is 0 Å². The third-order valence-electron chi connectivity index (χ3n) is 3.54. The molecule has 0 bridgehead atoms. The number of nitrogens with zero attached hydrogens (tertiary/aromatic N) is 3. The number of fused-ring (bicyclic) bond motifs is 3. The van der Waals surface area contributed by atoms with Gasteiger partial charge in [0.2, 0.25) is 0 Å². The molecule has 0 radical (unpaired) electrons. The molecule has 104 valence electrons. The highest BCUT2D eigenvalue weighted by atomic mass is 32.2. The number of aromatic nitrogens is 3. The second kappa shape index (κ2) is 4.63. The number of benzene rings is 1. The van der Waals surface area contributed by atoms with Crippen molar-refractivity contribution in [1.82, 2.24) is 14.8 Å². The average molecular weight is 289 g/mol. The Balaban J connectivity index is 2.10. The zero-order chi connectivity index (χ0) is 14.3. The summed E-state index contributed by atoms with van der Waals surface area (Å²) in [4.78, 5) is 10.7. The summed E-state index contributed by atoms with van der Waals surface area (Å²) in [5.41, 5.74) is 2.20. The molecule has 3 rings (SSSR count). The molecule has 5 nitrogen and oxygen atoms in total. The van der Waals surface area contributed by atoms with E-state index in [9.17, 15) is 4.79 Å². The Kier molecular flexibility index (Phi) is 3.05. The van der Waals surface area contributed by atoms with E-state index in [1.807, 2.05) is 18.2 Å². The second-order valence-electron chi connectivity index (χ2n) is 5.48. The van der Waals surface area contributed by atoms with E-state index < -0.39 is 5.30 Å². The lowest BCUT2D eigenvalue weighted by Gasteiger charge is -2.34. The van der Waals surface area contributed by atoms with Crippen molar-refractivity contribution >= 4 is 17.1 Å². The first-order valence-corrected chi connectivity index (χ1v) is 7.36. The van der Waals surface area contributed by atoms with Gasteiger partial charge in [0.05, 0.1) is 5.75 Å². The molecular weight excluding hydrogens is 274 g/mol. The summed E-state index contributed by atoms with van der Waals surface area (Å²) >= 11 is 0.837. The molecule has 1 aromatic heterocycles. The standard InChI is InChI=1S/C14H15N3O2S/c1-14(2)7-9-5-3-4-6-10(9)12-16-15-11(17(12)14)8-20-13(18)19/h3-6H,7-8H2,1-2H3,(H,18,19). The topological polar surface area (TPSA) is 68.0 Å². The van der Waals surface area contributed by atoms with E-state index in [2.05, 4.69) is 34.7 Å². The third kappa shape index (κ3) is 2.10. The molecule has 2 aromatic rings. The van der Waals surface area contributed by atoms with Crippen LogP contribution in [0.5, 0.6) is 0 Å². The number of thioether (sulfide) groups is 1. The molecule has 0 amide bonds. The highest BCUT2D eigenvalue weighted by Gasteiger charge is 2.34. The molecule has 1 N–H and O–H groups in total. The van der Waals surface area contributed by atoms with E-state index in [-0.39, 0.29) is 5.54 Å². The highest BCUT2D eigenvalue weighted by molar-refractivity contribution is 8.12. The molecule has 2 heterocycles. The minimum Gasteiger partial charge on any atom is -0.473 e. The maximum absolute atomic E-state index is 10.7. The molecular formula is C14H15N3O2S. The molecule has 1 aliphatic heterocycles. The van der Waals surface area contributed by atoms with Gasteiger partial charge in [-0.25, -0.2) is 4.79 Å². The number of carboxylic acid groups (broad SMARTS) is 1. The minimum atomic E-state index is -0.892. The van der Waals surface area contributed by atoms with E-state index >= 15 is 0 Å². The van der Waals surface area contributed by atoms with E-state index in [0.717, 1.165) is 29.6 Å². The maximum Gasteiger partial charge on any atom is 0.365 e. The summed E-state index contributed by atoms with van der Waals surface area (Å²) in [6.07, 6.45) is 0.888. The quantitative estimate of drug-likeness (QED) is 0.919. The third-order valence-corrected chi connectivity index (χ3v) is 4.19. The Labute approximate surface area is 121 Å². The first-order valence-electron chi connectivity index (χ1n) is 6.38. The molecule has 1 aliphatic rings. The predicted molar refractivity (Wildman–Crippen MR) is 77.8 cm³/mol. The monoisotopic (exact) mass is 289 g/mol. The van der Waals surface area contributed by atoms with Crippen LogP contribution in [0, 0.1) is 0 Å². The lowest BCUT2D eigenvalue weighted by atomic mass is 9.87. The smallest absolute Gasteiger partial charge is 0.365 e. The van der Waals surface area contributed by atoms with Crippen LogP contribution in [-0.2, 0) is 17.7 Å². The lowest BCUT2D eigenvalue weighted by Crippen LogP contribution is -2.34. The largest absolute Gasteiger partial charge is 0.473 e. The first-order chi connectivity index (χ1) is 9.49. The SMILES string of the molecule is CC1(C)Cc2ccccc2-c2nnc(CSC(=O)O)n21. The summed E-state index contributed by atoms with van der Waals surface area (Å²) in [5, 5.41) is 16.4. The van der Waals surface area contributed by atoms with Crippen molar-refractivity contribution < 1.29 is 9.90 Å². The zero-order valence-corrected chi connectivity index (χ0v) is 12.1. The van der Waals surface area contributed by atoms with Gasteiger partial charge in [-0.1, -0.05) is 24.3 Å². The number of rotatable bonds is 2. The van der Waals surface area contributed by atoms with Gasteiger partial charge >= 0.3 is 5.30 Å². The van der Waals surface area contributed by atoms with Gasteiger partial charge in [0.25, 0.3) is 0 Å². The van der Waals surface area contributed by atoms with Crippen LogP contribution in [0.25, 0.3) is 11.4 Å². The Morgan fingerprint density at radius 2 is 2.15 bits per heavy atom. The number of hydrogen-bond donors (Lipinski definition) is 1. The molecule has 1 aromatic carbocycles. The van der Waals surface area contributed by atoms with Crippen molar-refractivity contribution in [3.8, 4) is 11.4 Å². The van der Waals surface area contributed by atoms with Gasteiger partial charge in [0.15, 0.2) is 5.82 Å². The van der Waals surface area contributed by atoms with Crippen LogP contribution in [0.2, 0.25) is 0 Å². The number of carbonyl (C=O) groups is 1. The molecule has 0 atom stereocenters. The van der Waals surface area contributed by atoms with Gasteiger partial charge in [-0.2, -0.15) is 0 Å². The average Bonchev–Trinajstić information content (AvgIpc) is 2.81. The lowest BCUT2D eigenvalue weighted by molar-refractivity contribution is 0.222. The van der Waals surface area contributed by atoms with Crippen molar-refractivity contribution in [1.29, 1.82) is 0 Å². The van der Waals surface area contributed by atoms with Gasteiger partial charge in [-0.3, -0.25) is 0 Å². The van der Waals surface area contributed by atoms with E-state index in [0.29, 0.717) is 11.6 Å². The first kappa shape index (κ1) is 13.2. The number of hydrogen-bond acceptors (Lipinski definition) is 4. The van der Waals surface area contributed by atoms with Crippen molar-refractivity contribution in [2.45, 2.75) is 31.6 Å². The van der Waals surface area contributed by atoms with Crippen molar-refractivity contribution in [2.75, 3.05) is 0 Å². The summed E-state index contributed by atoms with van der Waals surface area (Å²) in [5.74, 6) is 1.87. The maximum atomic E-state index is 10.7. The fraction of sp³-hybridized carbons (Fsp3) is 0.357. The van der Waals surface area contributed by atoms with Gasteiger partial charge in [-0.05, 0) is 37.6 Å². The summed E-state index contributed by atoms with van der Waals surface area (Å²) < 4.78 is 2.07. The fourth-order valence-electron chi connectivity index (χ4n) is 2.78. The van der Waals surface area contributed by atoms with E-state index in [1.54, 1.807) is 0 Å². The van der Waals surface area contributed by atoms with Crippen LogP contribution in [0.15, 0.2) is 24.3 Å². The Bertz CT molecular complexity index is 679. The van der Waals surface area contributed by atoms with Crippen molar-refractivity contribution in [3.05, 3.63) is 35.7 Å². The Hall–Kier alpha value is -1.82. The normalized spacial score (nSPS) is 15.5. The van der Waals surface area contributed by atoms with Gasteiger partial charge < -0.3 is 9.67 Å². The molecule has 0 aliphatic carbocycles.